The van der Waals surface area contributed by atoms with Gasteiger partial charge in [0.2, 0.25) is 0 Å². The molecule has 0 unspecified atom stereocenters. The monoisotopic (exact) mass is 285 g/mol. The third-order valence-electron chi connectivity index (χ3n) is 4.11. The molecule has 0 radical (unpaired) electrons. The zero-order valence-corrected chi connectivity index (χ0v) is 12.9. The van der Waals surface area contributed by atoms with Gasteiger partial charge < -0.3 is 4.90 Å². The highest BCUT2D eigenvalue weighted by molar-refractivity contribution is 5.52. The van der Waals surface area contributed by atoms with Crippen molar-refractivity contribution >= 4 is 0 Å². The summed E-state index contributed by atoms with van der Waals surface area (Å²) in [5.74, 6) is 0.723. The molecule has 0 bridgehead atoms. The van der Waals surface area contributed by atoms with Crippen molar-refractivity contribution in [2.75, 3.05) is 20.1 Å². The Morgan fingerprint density at radius 1 is 1.29 bits per heavy atom. The maximum absolute atomic E-state index is 4.60. The van der Waals surface area contributed by atoms with Crippen LogP contribution in [0.3, 0.4) is 0 Å². The molecule has 112 valence electrons. The Bertz CT molecular complexity index is 575. The normalized spacial score (nSPS) is 19.2. The van der Waals surface area contributed by atoms with Gasteiger partial charge in [0.25, 0.3) is 0 Å². The van der Waals surface area contributed by atoms with Crippen LogP contribution in [0.1, 0.15) is 25.5 Å². The molecule has 2 aromatic heterocycles. The maximum Gasteiger partial charge on any atom is 0.107 e. The number of rotatable bonds is 5. The predicted octanol–water partition coefficient (Wildman–Crippen LogP) is 2.24. The largest absolute Gasteiger partial charge is 0.306 e. The zero-order valence-electron chi connectivity index (χ0n) is 12.9. The highest BCUT2D eigenvalue weighted by atomic mass is 15.3. The van der Waals surface area contributed by atoms with Crippen molar-refractivity contribution in [2.45, 2.75) is 32.7 Å². The fourth-order valence-electron chi connectivity index (χ4n) is 3.02. The molecule has 2 aromatic rings. The van der Waals surface area contributed by atoms with Crippen molar-refractivity contribution in [3.63, 3.8) is 0 Å². The van der Waals surface area contributed by atoms with Crippen LogP contribution in [0.25, 0.3) is 11.4 Å². The van der Waals surface area contributed by atoms with Gasteiger partial charge in [-0.05, 0) is 44.8 Å². The molecule has 5 nitrogen and oxygen atoms in total. The summed E-state index contributed by atoms with van der Waals surface area (Å²) in [6.45, 7) is 5.44. The van der Waals surface area contributed by atoms with Crippen molar-refractivity contribution in [3.05, 3.63) is 30.4 Å². The van der Waals surface area contributed by atoms with Crippen LogP contribution in [-0.4, -0.2) is 44.8 Å². The Morgan fingerprint density at radius 3 is 2.86 bits per heavy atom. The van der Waals surface area contributed by atoms with Crippen LogP contribution in [0.2, 0.25) is 0 Å². The van der Waals surface area contributed by atoms with E-state index in [1.54, 1.807) is 0 Å². The summed E-state index contributed by atoms with van der Waals surface area (Å²) in [4.78, 5) is 11.6. The number of likely N-dealkylation sites (tertiary alicyclic amines) is 1. The van der Waals surface area contributed by atoms with Crippen molar-refractivity contribution in [3.8, 4) is 11.4 Å². The molecule has 0 aromatic carbocycles. The summed E-state index contributed by atoms with van der Waals surface area (Å²) < 4.78 is 2.00. The van der Waals surface area contributed by atoms with Crippen molar-refractivity contribution in [1.82, 2.24) is 24.6 Å². The second kappa shape index (κ2) is 6.35. The van der Waals surface area contributed by atoms with Gasteiger partial charge in [0.1, 0.15) is 5.69 Å². The number of hydrogen-bond acceptors (Lipinski definition) is 4. The molecule has 21 heavy (non-hydrogen) atoms. The lowest BCUT2D eigenvalue weighted by molar-refractivity contribution is 0.393. The summed E-state index contributed by atoms with van der Waals surface area (Å²) in [7, 11) is 2.18. The second-order valence-corrected chi connectivity index (χ2v) is 5.95. The van der Waals surface area contributed by atoms with E-state index < -0.39 is 0 Å². The summed E-state index contributed by atoms with van der Waals surface area (Å²) in [5, 5.41) is 4.34. The quantitative estimate of drug-likeness (QED) is 0.845. The van der Waals surface area contributed by atoms with E-state index in [1.807, 2.05) is 29.3 Å². The van der Waals surface area contributed by atoms with E-state index in [0.29, 0.717) is 0 Å². The molecule has 1 aliphatic heterocycles. The van der Waals surface area contributed by atoms with Gasteiger partial charge in [0, 0.05) is 25.5 Å². The van der Waals surface area contributed by atoms with Crippen LogP contribution in [0.15, 0.2) is 24.7 Å². The maximum atomic E-state index is 4.60. The SMILES string of the molecule is CCCn1nccc1-c1cnc(C[C@H]2CCN(C)C2)cn1. The van der Waals surface area contributed by atoms with Gasteiger partial charge >= 0.3 is 0 Å². The Labute approximate surface area is 126 Å². The third kappa shape index (κ3) is 3.29. The first-order chi connectivity index (χ1) is 10.3. The van der Waals surface area contributed by atoms with Crippen molar-refractivity contribution < 1.29 is 0 Å². The first-order valence-electron chi connectivity index (χ1n) is 7.78. The number of nitrogens with zero attached hydrogens (tertiary/aromatic N) is 5. The van der Waals surface area contributed by atoms with Crippen LogP contribution in [0.4, 0.5) is 0 Å². The Hall–Kier alpha value is -1.75. The Balaban J connectivity index is 1.70. The van der Waals surface area contributed by atoms with Gasteiger partial charge in [-0.1, -0.05) is 6.92 Å². The fourth-order valence-corrected chi connectivity index (χ4v) is 3.02. The minimum atomic E-state index is 0.723. The molecular formula is C16H23N5. The summed E-state index contributed by atoms with van der Waals surface area (Å²) >= 11 is 0. The van der Waals surface area contributed by atoms with Crippen molar-refractivity contribution in [2.24, 2.45) is 5.92 Å². The van der Waals surface area contributed by atoms with Gasteiger partial charge in [0.05, 0.1) is 17.6 Å². The zero-order chi connectivity index (χ0) is 14.7. The molecule has 1 saturated heterocycles. The molecule has 0 saturated carbocycles. The second-order valence-electron chi connectivity index (χ2n) is 5.95. The lowest BCUT2D eigenvalue weighted by Crippen LogP contribution is -2.15. The molecule has 1 atom stereocenters. The van der Waals surface area contributed by atoms with Crippen molar-refractivity contribution in [1.29, 1.82) is 0 Å². The van der Waals surface area contributed by atoms with E-state index in [2.05, 4.69) is 33.9 Å². The highest BCUT2D eigenvalue weighted by Crippen LogP contribution is 2.20. The first kappa shape index (κ1) is 14.2. The van der Waals surface area contributed by atoms with Crippen LogP contribution in [0, 0.1) is 5.92 Å². The lowest BCUT2D eigenvalue weighted by Gasteiger charge is -2.10. The minimum absolute atomic E-state index is 0.723. The van der Waals surface area contributed by atoms with Crippen LogP contribution in [0.5, 0.6) is 0 Å². The molecule has 0 spiro atoms. The van der Waals surface area contributed by atoms with E-state index in [4.69, 9.17) is 0 Å². The minimum Gasteiger partial charge on any atom is -0.306 e. The number of aryl methyl sites for hydroxylation is 1. The molecule has 0 amide bonds. The van der Waals surface area contributed by atoms with Gasteiger partial charge in [-0.25, -0.2) is 0 Å². The molecule has 0 aliphatic carbocycles. The van der Waals surface area contributed by atoms with Crippen LogP contribution in [-0.2, 0) is 13.0 Å². The third-order valence-corrected chi connectivity index (χ3v) is 4.11. The van der Waals surface area contributed by atoms with Gasteiger partial charge in [-0.3, -0.25) is 14.6 Å². The predicted molar refractivity (Wildman–Crippen MR) is 82.9 cm³/mol. The number of hydrogen-bond donors (Lipinski definition) is 0. The summed E-state index contributed by atoms with van der Waals surface area (Å²) in [6.07, 6.45) is 9.01. The van der Waals surface area contributed by atoms with Crippen LogP contribution < -0.4 is 0 Å². The molecule has 3 heterocycles. The fraction of sp³-hybridized carbons (Fsp3) is 0.562. The summed E-state index contributed by atoms with van der Waals surface area (Å²) in [5.41, 5.74) is 3.06. The number of aromatic nitrogens is 4. The average molecular weight is 285 g/mol. The standard InChI is InChI=1S/C16H23N5/c1-3-7-21-16(4-6-19-21)15-11-17-14(10-18-15)9-13-5-8-20(2)12-13/h4,6,10-11,13H,3,5,7-9,12H2,1-2H3/t13-/m1/s1. The lowest BCUT2D eigenvalue weighted by atomic mass is 10.0. The molecule has 1 aliphatic rings. The molecule has 3 rings (SSSR count). The molecule has 5 heteroatoms. The molecule has 0 N–H and O–H groups in total. The van der Waals surface area contributed by atoms with E-state index in [-0.39, 0.29) is 0 Å². The Kier molecular flexibility index (Phi) is 4.29. The van der Waals surface area contributed by atoms with E-state index >= 15 is 0 Å². The summed E-state index contributed by atoms with van der Waals surface area (Å²) in [6, 6.07) is 2.01. The van der Waals surface area contributed by atoms with Gasteiger partial charge in [-0.15, -0.1) is 0 Å². The first-order valence-corrected chi connectivity index (χ1v) is 7.78. The van der Waals surface area contributed by atoms with E-state index in [0.717, 1.165) is 42.4 Å². The van der Waals surface area contributed by atoms with Gasteiger partial charge in [-0.2, -0.15) is 5.10 Å². The average Bonchev–Trinajstić information content (AvgIpc) is 3.10. The van der Waals surface area contributed by atoms with Crippen LogP contribution >= 0.6 is 0 Å². The van der Waals surface area contributed by atoms with E-state index in [1.165, 1.54) is 19.5 Å². The molecule has 1 fully saturated rings. The Morgan fingerprint density at radius 2 is 2.19 bits per heavy atom. The topological polar surface area (TPSA) is 46.8 Å². The highest BCUT2D eigenvalue weighted by Gasteiger charge is 2.20. The van der Waals surface area contributed by atoms with E-state index in [9.17, 15) is 0 Å². The smallest absolute Gasteiger partial charge is 0.107 e. The molecular weight excluding hydrogens is 262 g/mol. The van der Waals surface area contributed by atoms with Gasteiger partial charge in [0.15, 0.2) is 0 Å².